The summed E-state index contributed by atoms with van der Waals surface area (Å²) in [6.45, 7) is 8.09. The molecule has 1 heterocycles. The minimum Gasteiger partial charge on any atom is -0.311 e. The Kier molecular flexibility index (Phi) is 7.31. The lowest BCUT2D eigenvalue weighted by molar-refractivity contribution is 0.424. The average molecular weight is 285 g/mol. The third kappa shape index (κ3) is 5.45. The van der Waals surface area contributed by atoms with Crippen molar-refractivity contribution in [3.8, 4) is 0 Å². The van der Waals surface area contributed by atoms with Gasteiger partial charge in [0.25, 0.3) is 0 Å². The fourth-order valence-corrected chi connectivity index (χ4v) is 2.48. The van der Waals surface area contributed by atoms with Crippen LogP contribution in [0.2, 0.25) is 0 Å². The van der Waals surface area contributed by atoms with Gasteiger partial charge in [-0.25, -0.2) is 0 Å². The van der Waals surface area contributed by atoms with Crippen LogP contribution in [0.3, 0.4) is 0 Å². The van der Waals surface area contributed by atoms with Crippen LogP contribution in [0, 0.1) is 0 Å². The van der Waals surface area contributed by atoms with Crippen molar-refractivity contribution in [2.45, 2.75) is 57.9 Å². The van der Waals surface area contributed by atoms with Crippen molar-refractivity contribution < 1.29 is 4.21 Å². The van der Waals surface area contributed by atoms with Gasteiger partial charge in [-0.05, 0) is 31.9 Å². The first-order valence-electron chi connectivity index (χ1n) is 7.15. The summed E-state index contributed by atoms with van der Waals surface area (Å²) in [5.41, 5.74) is 1.08. The predicted octanol–water partition coefficient (Wildman–Crippen LogP) is 2.49. The first-order valence-corrected chi connectivity index (χ1v) is 8.77. The molecule has 2 atom stereocenters. The van der Waals surface area contributed by atoms with E-state index in [4.69, 9.17) is 0 Å². The van der Waals surface area contributed by atoms with E-state index in [1.807, 2.05) is 6.92 Å². The van der Waals surface area contributed by atoms with Gasteiger partial charge in [0.15, 0.2) is 0 Å². The van der Waals surface area contributed by atoms with Gasteiger partial charge in [-0.15, -0.1) is 0 Å². The number of nitrogens with one attached hydrogen (secondary N) is 1. The summed E-state index contributed by atoms with van der Waals surface area (Å²) in [5, 5.41) is 8.22. The second-order valence-electron chi connectivity index (χ2n) is 5.03. The van der Waals surface area contributed by atoms with Crippen LogP contribution in [0.15, 0.2) is 12.3 Å². The van der Waals surface area contributed by atoms with Crippen molar-refractivity contribution in [1.82, 2.24) is 15.1 Å². The first-order chi connectivity index (χ1) is 9.08. The number of hydrogen-bond donors (Lipinski definition) is 1. The molecule has 0 radical (unpaired) electrons. The standard InChI is InChI=1S/C14H27N3OS/c1-5-14(6-2)17-10-8-13(16-17)11-15-9-7-12(3)19(4)18/h8,10,12,14-15H,5-7,9,11H2,1-4H3. The van der Waals surface area contributed by atoms with Gasteiger partial charge in [-0.1, -0.05) is 20.8 Å². The van der Waals surface area contributed by atoms with Crippen molar-refractivity contribution in [3.05, 3.63) is 18.0 Å². The number of nitrogens with zero attached hydrogens (tertiary/aromatic N) is 2. The Balaban J connectivity index is 2.32. The van der Waals surface area contributed by atoms with Gasteiger partial charge in [-0.3, -0.25) is 8.89 Å². The van der Waals surface area contributed by atoms with Crippen LogP contribution in [0.1, 0.15) is 51.8 Å². The van der Waals surface area contributed by atoms with E-state index in [2.05, 4.69) is 41.2 Å². The molecule has 110 valence electrons. The zero-order valence-electron chi connectivity index (χ0n) is 12.6. The molecule has 0 aliphatic heterocycles. The summed E-state index contributed by atoms with van der Waals surface area (Å²) in [7, 11) is -0.723. The lowest BCUT2D eigenvalue weighted by atomic mass is 10.2. The molecular formula is C14H27N3OS. The molecule has 0 saturated heterocycles. The third-order valence-corrected chi connectivity index (χ3v) is 4.95. The Morgan fingerprint density at radius 2 is 2.11 bits per heavy atom. The maximum atomic E-state index is 11.2. The Morgan fingerprint density at radius 3 is 2.68 bits per heavy atom. The molecule has 0 spiro atoms. The van der Waals surface area contributed by atoms with Crippen LogP contribution in [0.25, 0.3) is 0 Å². The molecule has 0 saturated carbocycles. The molecule has 19 heavy (non-hydrogen) atoms. The maximum Gasteiger partial charge on any atom is 0.0762 e. The van der Waals surface area contributed by atoms with E-state index in [1.54, 1.807) is 6.26 Å². The highest BCUT2D eigenvalue weighted by molar-refractivity contribution is 7.84. The van der Waals surface area contributed by atoms with Gasteiger partial charge in [0.05, 0.1) is 11.7 Å². The fourth-order valence-electron chi connectivity index (χ4n) is 2.03. The first kappa shape index (κ1) is 16.4. The summed E-state index contributed by atoms with van der Waals surface area (Å²) in [6.07, 6.45) is 7.01. The Hall–Kier alpha value is -0.680. The molecule has 0 bridgehead atoms. The molecule has 1 N–H and O–H groups in total. The summed E-state index contributed by atoms with van der Waals surface area (Å²) >= 11 is 0. The maximum absolute atomic E-state index is 11.2. The number of aromatic nitrogens is 2. The van der Waals surface area contributed by atoms with E-state index in [1.165, 1.54) is 0 Å². The molecule has 1 aromatic heterocycles. The minimum absolute atomic E-state index is 0.259. The quantitative estimate of drug-likeness (QED) is 0.709. The molecule has 0 fully saturated rings. The topological polar surface area (TPSA) is 46.9 Å². The van der Waals surface area contributed by atoms with E-state index >= 15 is 0 Å². The Morgan fingerprint density at radius 1 is 1.42 bits per heavy atom. The zero-order valence-corrected chi connectivity index (χ0v) is 13.4. The van der Waals surface area contributed by atoms with Crippen LogP contribution < -0.4 is 5.32 Å². The van der Waals surface area contributed by atoms with Gasteiger partial charge in [0.2, 0.25) is 0 Å². The zero-order chi connectivity index (χ0) is 14.3. The summed E-state index contributed by atoms with van der Waals surface area (Å²) in [5.74, 6) is 0. The largest absolute Gasteiger partial charge is 0.311 e. The molecule has 0 aliphatic carbocycles. The van der Waals surface area contributed by atoms with E-state index in [0.29, 0.717) is 6.04 Å². The normalized spacial score (nSPS) is 14.8. The van der Waals surface area contributed by atoms with Gasteiger partial charge < -0.3 is 5.32 Å². The van der Waals surface area contributed by atoms with Crippen LogP contribution in [-0.2, 0) is 17.3 Å². The van der Waals surface area contributed by atoms with Gasteiger partial charge in [0.1, 0.15) is 0 Å². The van der Waals surface area contributed by atoms with Crippen molar-refractivity contribution >= 4 is 10.8 Å². The Labute approximate surface area is 119 Å². The molecule has 5 heteroatoms. The van der Waals surface area contributed by atoms with Crippen LogP contribution in [-0.4, -0.2) is 32.0 Å². The minimum atomic E-state index is -0.723. The van der Waals surface area contributed by atoms with Crippen molar-refractivity contribution in [1.29, 1.82) is 0 Å². The lowest BCUT2D eigenvalue weighted by Gasteiger charge is -2.12. The van der Waals surface area contributed by atoms with Crippen LogP contribution in [0.5, 0.6) is 0 Å². The summed E-state index contributed by atoms with van der Waals surface area (Å²) in [4.78, 5) is 0. The van der Waals surface area contributed by atoms with E-state index in [-0.39, 0.29) is 5.25 Å². The monoisotopic (exact) mass is 285 g/mol. The highest BCUT2D eigenvalue weighted by Gasteiger charge is 2.08. The predicted molar refractivity (Wildman–Crippen MR) is 81.7 cm³/mol. The van der Waals surface area contributed by atoms with Crippen molar-refractivity contribution in [2.24, 2.45) is 0 Å². The smallest absolute Gasteiger partial charge is 0.0762 e. The average Bonchev–Trinajstić information content (AvgIpc) is 2.84. The fraction of sp³-hybridized carbons (Fsp3) is 0.786. The second-order valence-corrected chi connectivity index (χ2v) is 6.83. The molecule has 1 rings (SSSR count). The summed E-state index contributed by atoms with van der Waals surface area (Å²) in [6, 6.07) is 2.59. The molecule has 4 nitrogen and oxygen atoms in total. The van der Waals surface area contributed by atoms with Gasteiger partial charge in [0, 0.05) is 35.0 Å². The Bertz CT molecular complexity index is 388. The second kappa shape index (κ2) is 8.48. The number of rotatable bonds is 9. The number of hydrogen-bond acceptors (Lipinski definition) is 3. The van der Waals surface area contributed by atoms with Crippen LogP contribution in [0.4, 0.5) is 0 Å². The van der Waals surface area contributed by atoms with E-state index < -0.39 is 10.8 Å². The van der Waals surface area contributed by atoms with Gasteiger partial charge in [-0.2, -0.15) is 5.10 Å². The molecular weight excluding hydrogens is 258 g/mol. The molecule has 2 unspecified atom stereocenters. The lowest BCUT2D eigenvalue weighted by Crippen LogP contribution is -2.21. The molecule has 0 aliphatic rings. The van der Waals surface area contributed by atoms with E-state index in [0.717, 1.165) is 38.0 Å². The highest BCUT2D eigenvalue weighted by Crippen LogP contribution is 2.14. The van der Waals surface area contributed by atoms with Gasteiger partial charge >= 0.3 is 0 Å². The van der Waals surface area contributed by atoms with Crippen molar-refractivity contribution in [3.63, 3.8) is 0 Å². The van der Waals surface area contributed by atoms with E-state index in [9.17, 15) is 4.21 Å². The molecule has 0 aromatic carbocycles. The summed E-state index contributed by atoms with van der Waals surface area (Å²) < 4.78 is 13.3. The highest BCUT2D eigenvalue weighted by atomic mass is 32.2. The van der Waals surface area contributed by atoms with Crippen molar-refractivity contribution in [2.75, 3.05) is 12.8 Å². The third-order valence-electron chi connectivity index (χ3n) is 3.58. The van der Waals surface area contributed by atoms with Crippen LogP contribution >= 0.6 is 0 Å². The SMILES string of the molecule is CCC(CC)n1ccc(CNCCC(C)S(C)=O)n1. The molecule has 1 aromatic rings. The molecule has 0 amide bonds.